The highest BCUT2D eigenvalue weighted by atomic mass is 16.5. The minimum Gasteiger partial charge on any atom is -0.378 e. The van der Waals surface area contributed by atoms with Crippen molar-refractivity contribution in [3.63, 3.8) is 0 Å². The lowest BCUT2D eigenvalue weighted by Crippen LogP contribution is -2.37. The van der Waals surface area contributed by atoms with Crippen molar-refractivity contribution in [1.29, 1.82) is 0 Å². The fourth-order valence-corrected chi connectivity index (χ4v) is 2.25. The number of amides is 1. The lowest BCUT2D eigenvalue weighted by atomic mass is 10.2. The van der Waals surface area contributed by atoms with Crippen LogP contribution >= 0.6 is 0 Å². The third-order valence-electron chi connectivity index (χ3n) is 3.59. The topological polar surface area (TPSA) is 76.6 Å². The number of nitrogens with zero attached hydrogens (tertiary/aromatic N) is 3. The molecule has 21 heavy (non-hydrogen) atoms. The number of carbonyl (C=O) groups is 1. The van der Waals surface area contributed by atoms with E-state index in [9.17, 15) is 4.79 Å². The van der Waals surface area contributed by atoms with Gasteiger partial charge in [-0.2, -0.15) is 0 Å². The van der Waals surface area contributed by atoms with Gasteiger partial charge in [0.05, 0.1) is 31.1 Å². The molecule has 114 valence electrons. The van der Waals surface area contributed by atoms with Gasteiger partial charge in [-0.15, -0.1) is 0 Å². The predicted octanol–water partition coefficient (Wildman–Crippen LogP) is 0.352. The smallest absolute Gasteiger partial charge is 0.255 e. The summed E-state index contributed by atoms with van der Waals surface area (Å²) in [6, 6.07) is 0.312. The fraction of sp³-hybridized carbons (Fsp3) is 0.643. The minimum atomic E-state index is -0.113. The monoisotopic (exact) mass is 292 g/mol. The fourth-order valence-electron chi connectivity index (χ4n) is 2.25. The van der Waals surface area contributed by atoms with Gasteiger partial charge in [0, 0.05) is 32.4 Å². The summed E-state index contributed by atoms with van der Waals surface area (Å²) < 4.78 is 10.5. The van der Waals surface area contributed by atoms with Crippen molar-refractivity contribution >= 4 is 11.9 Å². The molecule has 0 aromatic carbocycles. The number of rotatable bonds is 5. The Morgan fingerprint density at radius 3 is 2.90 bits per heavy atom. The molecule has 1 amide bonds. The Kier molecular flexibility index (Phi) is 4.31. The second-order valence-electron chi connectivity index (χ2n) is 5.31. The third kappa shape index (κ3) is 3.48. The number of aromatic nitrogens is 2. The number of hydrogen-bond acceptors (Lipinski definition) is 6. The highest BCUT2D eigenvalue weighted by Crippen LogP contribution is 2.20. The maximum atomic E-state index is 12.2. The van der Waals surface area contributed by atoms with Gasteiger partial charge in [-0.25, -0.2) is 9.97 Å². The molecule has 7 heteroatoms. The first kappa shape index (κ1) is 14.2. The van der Waals surface area contributed by atoms with Gasteiger partial charge in [0.1, 0.15) is 0 Å². The number of carbonyl (C=O) groups excluding carboxylic acids is 1. The quantitative estimate of drug-likeness (QED) is 0.844. The second-order valence-corrected chi connectivity index (χ2v) is 5.31. The number of hydrogen-bond donors (Lipinski definition) is 1. The summed E-state index contributed by atoms with van der Waals surface area (Å²) in [5.74, 6) is 0.520. The van der Waals surface area contributed by atoms with Crippen LogP contribution in [0.3, 0.4) is 0 Å². The normalized spacial score (nSPS) is 18.6. The Bertz CT molecular complexity index is 513. The zero-order chi connectivity index (χ0) is 14.7. The predicted molar refractivity (Wildman–Crippen MR) is 76.3 cm³/mol. The summed E-state index contributed by atoms with van der Waals surface area (Å²) in [6.45, 7) is 3.17. The third-order valence-corrected chi connectivity index (χ3v) is 3.59. The average Bonchev–Trinajstić information content (AvgIpc) is 3.32. The van der Waals surface area contributed by atoms with Crippen LogP contribution in [0.4, 0.5) is 5.95 Å². The molecule has 1 aliphatic heterocycles. The molecule has 2 aliphatic rings. The van der Waals surface area contributed by atoms with Gasteiger partial charge in [0.15, 0.2) is 0 Å². The molecule has 1 saturated carbocycles. The van der Waals surface area contributed by atoms with Crippen LogP contribution < -0.4 is 10.2 Å². The van der Waals surface area contributed by atoms with E-state index in [4.69, 9.17) is 9.47 Å². The zero-order valence-corrected chi connectivity index (χ0v) is 12.2. The zero-order valence-electron chi connectivity index (χ0n) is 12.2. The Balaban J connectivity index is 1.80. The van der Waals surface area contributed by atoms with Gasteiger partial charge in [0.25, 0.3) is 5.91 Å². The van der Waals surface area contributed by atoms with Crippen molar-refractivity contribution in [2.24, 2.45) is 0 Å². The molecule has 0 radical (unpaired) electrons. The molecule has 0 spiro atoms. The molecule has 1 aliphatic carbocycles. The summed E-state index contributed by atoms with van der Waals surface area (Å²) >= 11 is 0. The van der Waals surface area contributed by atoms with Crippen molar-refractivity contribution < 1.29 is 14.3 Å². The first-order chi connectivity index (χ1) is 10.3. The SMILES string of the molecule is COCc1nc(N2CCOCC2)ncc1C(=O)NC1CC1. The molecule has 1 aromatic rings. The number of nitrogens with one attached hydrogen (secondary N) is 1. The molecule has 1 N–H and O–H groups in total. The van der Waals surface area contributed by atoms with Gasteiger partial charge in [-0.3, -0.25) is 4.79 Å². The first-order valence-electron chi connectivity index (χ1n) is 7.26. The highest BCUT2D eigenvalue weighted by molar-refractivity contribution is 5.95. The first-order valence-corrected chi connectivity index (χ1v) is 7.26. The van der Waals surface area contributed by atoms with E-state index in [0.29, 0.717) is 43.1 Å². The highest BCUT2D eigenvalue weighted by Gasteiger charge is 2.26. The Morgan fingerprint density at radius 1 is 1.48 bits per heavy atom. The van der Waals surface area contributed by atoms with E-state index in [1.165, 1.54) is 0 Å². The lowest BCUT2D eigenvalue weighted by molar-refractivity contribution is 0.0944. The molecule has 2 heterocycles. The van der Waals surface area contributed by atoms with Gasteiger partial charge < -0.3 is 19.7 Å². The van der Waals surface area contributed by atoms with E-state index in [-0.39, 0.29) is 5.91 Å². The van der Waals surface area contributed by atoms with Crippen LogP contribution in [0.1, 0.15) is 28.9 Å². The average molecular weight is 292 g/mol. The molecule has 3 rings (SSSR count). The van der Waals surface area contributed by atoms with Gasteiger partial charge in [0.2, 0.25) is 5.95 Å². The molecule has 1 saturated heterocycles. The van der Waals surface area contributed by atoms with Crippen LogP contribution in [-0.4, -0.2) is 55.3 Å². The maximum absolute atomic E-state index is 12.2. The van der Waals surface area contributed by atoms with Crippen molar-refractivity contribution in [2.75, 3.05) is 38.3 Å². The molecule has 0 unspecified atom stereocenters. The molecular weight excluding hydrogens is 272 g/mol. The minimum absolute atomic E-state index is 0.113. The van der Waals surface area contributed by atoms with Gasteiger partial charge >= 0.3 is 0 Å². The summed E-state index contributed by atoms with van der Waals surface area (Å²) in [5.41, 5.74) is 1.13. The van der Waals surface area contributed by atoms with Crippen LogP contribution in [0.25, 0.3) is 0 Å². The molecule has 0 bridgehead atoms. The van der Waals surface area contributed by atoms with E-state index in [1.807, 2.05) is 0 Å². The summed E-state index contributed by atoms with van der Waals surface area (Å²) in [4.78, 5) is 23.1. The number of morpholine rings is 1. The molecule has 2 fully saturated rings. The van der Waals surface area contributed by atoms with E-state index in [1.54, 1.807) is 13.3 Å². The molecular formula is C14H20N4O3. The molecule has 7 nitrogen and oxygen atoms in total. The Labute approximate surface area is 123 Å². The van der Waals surface area contributed by atoms with Crippen LogP contribution in [0, 0.1) is 0 Å². The van der Waals surface area contributed by atoms with E-state index in [2.05, 4.69) is 20.2 Å². The number of methoxy groups -OCH3 is 1. The van der Waals surface area contributed by atoms with E-state index in [0.717, 1.165) is 25.9 Å². The van der Waals surface area contributed by atoms with Crippen molar-refractivity contribution in [1.82, 2.24) is 15.3 Å². The van der Waals surface area contributed by atoms with Crippen molar-refractivity contribution in [3.8, 4) is 0 Å². The molecule has 0 atom stereocenters. The number of ether oxygens (including phenoxy) is 2. The van der Waals surface area contributed by atoms with Crippen LogP contribution in [-0.2, 0) is 16.1 Å². The van der Waals surface area contributed by atoms with Gasteiger partial charge in [-0.1, -0.05) is 0 Å². The van der Waals surface area contributed by atoms with E-state index >= 15 is 0 Å². The number of anilines is 1. The largest absolute Gasteiger partial charge is 0.378 e. The maximum Gasteiger partial charge on any atom is 0.255 e. The van der Waals surface area contributed by atoms with Crippen molar-refractivity contribution in [2.45, 2.75) is 25.5 Å². The van der Waals surface area contributed by atoms with E-state index < -0.39 is 0 Å². The lowest BCUT2D eigenvalue weighted by Gasteiger charge is -2.27. The standard InChI is InChI=1S/C14H20N4O3/c1-20-9-12-11(13(19)16-10-2-3-10)8-15-14(17-12)18-4-6-21-7-5-18/h8,10H,2-7,9H2,1H3,(H,16,19). The van der Waals surface area contributed by atoms with Crippen molar-refractivity contribution in [3.05, 3.63) is 17.5 Å². The van der Waals surface area contributed by atoms with Crippen LogP contribution in [0.5, 0.6) is 0 Å². The van der Waals surface area contributed by atoms with Crippen LogP contribution in [0.15, 0.2) is 6.20 Å². The summed E-state index contributed by atoms with van der Waals surface area (Å²) in [5, 5.41) is 2.96. The Morgan fingerprint density at radius 2 is 2.24 bits per heavy atom. The Hall–Kier alpha value is -1.73. The summed E-state index contributed by atoms with van der Waals surface area (Å²) in [7, 11) is 1.60. The van der Waals surface area contributed by atoms with Crippen LogP contribution in [0.2, 0.25) is 0 Å². The summed E-state index contributed by atoms with van der Waals surface area (Å²) in [6.07, 6.45) is 3.71. The molecule has 1 aromatic heterocycles. The second kappa shape index (κ2) is 6.36. The van der Waals surface area contributed by atoms with Gasteiger partial charge in [-0.05, 0) is 12.8 Å².